The number of carbonyl (C=O) groups excluding carboxylic acids is 1. The highest BCUT2D eigenvalue weighted by Gasteiger charge is 2.17. The number of rotatable bonds is 5. The number of nitrogens with zero attached hydrogens (tertiary/aromatic N) is 2. The first-order chi connectivity index (χ1) is 10.2. The van der Waals surface area contributed by atoms with Crippen LogP contribution in [0, 0.1) is 24.2 Å². The number of hydrogen-bond donors (Lipinski definition) is 1. The van der Waals surface area contributed by atoms with Gasteiger partial charge in [0.25, 0.3) is 0 Å². The van der Waals surface area contributed by atoms with Crippen LogP contribution in [0.2, 0.25) is 0 Å². The summed E-state index contributed by atoms with van der Waals surface area (Å²) in [5, 5.41) is 12.0. The van der Waals surface area contributed by atoms with Crippen molar-refractivity contribution in [3.05, 3.63) is 65.5 Å². The zero-order valence-corrected chi connectivity index (χ0v) is 11.9. The summed E-state index contributed by atoms with van der Waals surface area (Å²) in [7, 11) is 0. The Morgan fingerprint density at radius 2 is 2.00 bits per heavy atom. The van der Waals surface area contributed by atoms with Crippen molar-refractivity contribution < 1.29 is 4.79 Å². The van der Waals surface area contributed by atoms with Gasteiger partial charge in [-0.05, 0) is 30.5 Å². The predicted octanol–water partition coefficient (Wildman–Crippen LogP) is 2.39. The molecule has 0 fully saturated rings. The van der Waals surface area contributed by atoms with Crippen LogP contribution in [0.3, 0.4) is 0 Å². The fourth-order valence-corrected chi connectivity index (χ4v) is 1.96. The highest BCUT2D eigenvalue weighted by atomic mass is 16.1. The maximum atomic E-state index is 12.1. The first-order valence-corrected chi connectivity index (χ1v) is 6.82. The van der Waals surface area contributed by atoms with Crippen LogP contribution in [0.1, 0.15) is 16.8 Å². The van der Waals surface area contributed by atoms with Crippen molar-refractivity contribution in [3.63, 3.8) is 0 Å². The van der Waals surface area contributed by atoms with E-state index in [1.807, 2.05) is 49.4 Å². The number of benzene rings is 1. The normalized spacial score (nSPS) is 11.4. The smallest absolute Gasteiger partial charge is 0.237 e. The summed E-state index contributed by atoms with van der Waals surface area (Å²) in [6, 6.07) is 15.4. The monoisotopic (exact) mass is 279 g/mol. The molecule has 4 heteroatoms. The molecule has 0 saturated carbocycles. The van der Waals surface area contributed by atoms with Crippen LogP contribution in [0.5, 0.6) is 0 Å². The van der Waals surface area contributed by atoms with Gasteiger partial charge in [-0.2, -0.15) is 5.26 Å². The molecule has 0 saturated heterocycles. The Labute approximate surface area is 124 Å². The summed E-state index contributed by atoms with van der Waals surface area (Å²) in [6.07, 6.45) is 2.16. The summed E-state index contributed by atoms with van der Waals surface area (Å²) in [5.41, 5.74) is 2.84. The van der Waals surface area contributed by atoms with E-state index in [0.29, 0.717) is 13.0 Å². The summed E-state index contributed by atoms with van der Waals surface area (Å²) in [5.74, 6) is -0.923. The Hall–Kier alpha value is -2.67. The van der Waals surface area contributed by atoms with Crippen molar-refractivity contribution in [2.24, 2.45) is 5.92 Å². The number of nitrogens with one attached hydrogen (secondary N) is 1. The molecule has 1 unspecified atom stereocenters. The van der Waals surface area contributed by atoms with Gasteiger partial charge in [0.1, 0.15) is 5.92 Å². The zero-order valence-electron chi connectivity index (χ0n) is 11.9. The van der Waals surface area contributed by atoms with Crippen molar-refractivity contribution >= 4 is 5.91 Å². The summed E-state index contributed by atoms with van der Waals surface area (Å²) >= 11 is 0. The van der Waals surface area contributed by atoms with E-state index in [0.717, 1.165) is 16.8 Å². The van der Waals surface area contributed by atoms with Gasteiger partial charge in [-0.1, -0.05) is 36.4 Å². The number of aryl methyl sites for hydroxylation is 1. The molecule has 0 radical (unpaired) electrons. The van der Waals surface area contributed by atoms with Gasteiger partial charge in [0.15, 0.2) is 0 Å². The topological polar surface area (TPSA) is 65.8 Å². The van der Waals surface area contributed by atoms with Crippen LogP contribution in [0.4, 0.5) is 0 Å². The van der Waals surface area contributed by atoms with Gasteiger partial charge in [-0.3, -0.25) is 9.78 Å². The van der Waals surface area contributed by atoms with Crippen LogP contribution in [-0.4, -0.2) is 10.9 Å². The van der Waals surface area contributed by atoms with Gasteiger partial charge in [-0.25, -0.2) is 0 Å². The molecule has 0 spiro atoms. The molecule has 0 aliphatic heterocycles. The maximum Gasteiger partial charge on any atom is 0.237 e. The Morgan fingerprint density at radius 1 is 1.24 bits per heavy atom. The molecule has 2 aromatic rings. The van der Waals surface area contributed by atoms with E-state index in [-0.39, 0.29) is 5.91 Å². The molecule has 1 atom stereocenters. The number of nitriles is 1. The van der Waals surface area contributed by atoms with Gasteiger partial charge >= 0.3 is 0 Å². The average Bonchev–Trinajstić information content (AvgIpc) is 2.52. The van der Waals surface area contributed by atoms with Crippen molar-refractivity contribution in [2.45, 2.75) is 19.9 Å². The first kappa shape index (κ1) is 14.7. The van der Waals surface area contributed by atoms with Crippen LogP contribution >= 0.6 is 0 Å². The molecule has 0 aliphatic carbocycles. The molecule has 106 valence electrons. The molecule has 1 N–H and O–H groups in total. The lowest BCUT2D eigenvalue weighted by Gasteiger charge is -2.10. The lowest BCUT2D eigenvalue weighted by Crippen LogP contribution is -2.30. The molecule has 0 aliphatic rings. The highest BCUT2D eigenvalue weighted by Crippen LogP contribution is 2.09. The van der Waals surface area contributed by atoms with Crippen LogP contribution in [0.25, 0.3) is 0 Å². The van der Waals surface area contributed by atoms with Crippen molar-refractivity contribution in [3.8, 4) is 6.07 Å². The number of pyridine rings is 1. The minimum Gasteiger partial charge on any atom is -0.351 e. The molecule has 1 heterocycles. The Balaban J connectivity index is 1.91. The van der Waals surface area contributed by atoms with E-state index in [2.05, 4.69) is 16.4 Å². The van der Waals surface area contributed by atoms with Gasteiger partial charge in [0.05, 0.1) is 6.07 Å². The van der Waals surface area contributed by atoms with E-state index in [9.17, 15) is 4.79 Å². The minimum atomic E-state index is -0.675. The highest BCUT2D eigenvalue weighted by molar-refractivity contribution is 5.81. The van der Waals surface area contributed by atoms with Crippen molar-refractivity contribution in [2.75, 3.05) is 0 Å². The summed E-state index contributed by atoms with van der Waals surface area (Å²) < 4.78 is 0. The van der Waals surface area contributed by atoms with E-state index in [1.165, 1.54) is 0 Å². The van der Waals surface area contributed by atoms with Gasteiger partial charge in [0.2, 0.25) is 5.91 Å². The molecule has 2 rings (SSSR count). The second-order valence-corrected chi connectivity index (χ2v) is 4.90. The lowest BCUT2D eigenvalue weighted by atomic mass is 10.00. The molecule has 1 aromatic heterocycles. The number of hydrogen-bond acceptors (Lipinski definition) is 3. The third-order valence-electron chi connectivity index (χ3n) is 3.19. The van der Waals surface area contributed by atoms with E-state index < -0.39 is 5.92 Å². The fourth-order valence-electron chi connectivity index (χ4n) is 1.96. The van der Waals surface area contributed by atoms with Gasteiger partial charge in [-0.15, -0.1) is 0 Å². The third-order valence-corrected chi connectivity index (χ3v) is 3.19. The second-order valence-electron chi connectivity index (χ2n) is 4.90. The number of aromatic nitrogens is 1. The Kier molecular flexibility index (Phi) is 5.05. The average molecular weight is 279 g/mol. The molecule has 4 nitrogen and oxygen atoms in total. The van der Waals surface area contributed by atoms with Gasteiger partial charge < -0.3 is 5.32 Å². The largest absolute Gasteiger partial charge is 0.351 e. The summed E-state index contributed by atoms with van der Waals surface area (Å²) in [4.78, 5) is 16.2. The van der Waals surface area contributed by atoms with Crippen LogP contribution < -0.4 is 5.32 Å². The maximum absolute atomic E-state index is 12.1. The van der Waals surface area contributed by atoms with E-state index in [1.54, 1.807) is 6.20 Å². The molecule has 21 heavy (non-hydrogen) atoms. The van der Waals surface area contributed by atoms with Crippen molar-refractivity contribution in [1.29, 1.82) is 5.26 Å². The minimum absolute atomic E-state index is 0.248. The predicted molar refractivity (Wildman–Crippen MR) is 80.1 cm³/mol. The van der Waals surface area contributed by atoms with Crippen LogP contribution in [0.15, 0.2) is 48.7 Å². The third kappa shape index (κ3) is 4.43. The number of amides is 1. The molecule has 1 amide bonds. The fraction of sp³-hybridized carbons (Fsp3) is 0.235. The summed E-state index contributed by atoms with van der Waals surface area (Å²) in [6.45, 7) is 2.30. The second kappa shape index (κ2) is 7.20. The quantitative estimate of drug-likeness (QED) is 0.914. The Bertz CT molecular complexity index is 629. The van der Waals surface area contributed by atoms with Crippen LogP contribution in [-0.2, 0) is 17.8 Å². The van der Waals surface area contributed by atoms with E-state index in [4.69, 9.17) is 5.26 Å². The Morgan fingerprint density at radius 3 is 2.62 bits per heavy atom. The molecule has 1 aromatic carbocycles. The molecular weight excluding hydrogens is 262 g/mol. The lowest BCUT2D eigenvalue weighted by molar-refractivity contribution is -0.123. The SMILES string of the molecule is Cc1ccc(CNC(=O)C(C#N)Cc2ccccc2)cn1. The van der Waals surface area contributed by atoms with E-state index >= 15 is 0 Å². The number of carbonyl (C=O) groups is 1. The zero-order chi connectivity index (χ0) is 15.1. The van der Waals surface area contributed by atoms with Gasteiger partial charge in [0, 0.05) is 18.4 Å². The first-order valence-electron chi connectivity index (χ1n) is 6.82. The van der Waals surface area contributed by atoms with Crippen molar-refractivity contribution in [1.82, 2.24) is 10.3 Å². The standard InChI is InChI=1S/C17H17N3O/c1-13-7-8-15(11-19-13)12-20-17(21)16(10-18)9-14-5-3-2-4-6-14/h2-8,11,16H,9,12H2,1H3,(H,20,21). The molecule has 0 bridgehead atoms. The molecular formula is C17H17N3O.